The van der Waals surface area contributed by atoms with E-state index >= 15 is 0 Å². The van der Waals surface area contributed by atoms with Gasteiger partial charge in [0.2, 0.25) is 0 Å². The molecule has 0 saturated carbocycles. The molecule has 0 aromatic heterocycles. The normalized spacial score (nSPS) is 13.8. The molecular weight excluding hydrogens is 243 g/mol. The van der Waals surface area contributed by atoms with Gasteiger partial charge in [0.15, 0.2) is 0 Å². The number of hydrogen-bond donors (Lipinski definition) is 1. The number of anilines is 1. The molecule has 0 radical (unpaired) electrons. The van der Waals surface area contributed by atoms with Gasteiger partial charge in [-0.3, -0.25) is 4.21 Å². The van der Waals surface area contributed by atoms with Crippen molar-refractivity contribution in [3.63, 3.8) is 0 Å². The van der Waals surface area contributed by atoms with Gasteiger partial charge in [0, 0.05) is 12.8 Å². The van der Waals surface area contributed by atoms with Gasteiger partial charge in [-0.25, -0.2) is 0 Å². The second-order valence-corrected chi connectivity index (χ2v) is 4.37. The standard InChI is InChI=1S/C9H10F3NO2S/c1-15-5-16(14)8-3-2-6(4-7(8)13)9(10,11)12/h2-4H,5,13H2,1H3. The number of benzene rings is 1. The zero-order valence-corrected chi connectivity index (χ0v) is 9.19. The van der Waals surface area contributed by atoms with E-state index in [1.54, 1.807) is 0 Å². The van der Waals surface area contributed by atoms with Gasteiger partial charge in [0.1, 0.15) is 5.94 Å². The molecule has 2 N–H and O–H groups in total. The summed E-state index contributed by atoms with van der Waals surface area (Å²) in [6.45, 7) is 0. The second kappa shape index (κ2) is 4.84. The molecule has 0 aliphatic carbocycles. The van der Waals surface area contributed by atoms with Gasteiger partial charge < -0.3 is 10.5 Å². The molecule has 0 bridgehead atoms. The molecule has 3 nitrogen and oxygen atoms in total. The summed E-state index contributed by atoms with van der Waals surface area (Å²) in [7, 11) is -0.199. The average molecular weight is 253 g/mol. The molecule has 16 heavy (non-hydrogen) atoms. The number of hydrogen-bond acceptors (Lipinski definition) is 3. The maximum atomic E-state index is 12.3. The van der Waals surface area contributed by atoms with Crippen LogP contribution in [-0.4, -0.2) is 17.3 Å². The highest BCUT2D eigenvalue weighted by Crippen LogP contribution is 2.32. The number of nitrogen functional groups attached to an aromatic ring is 1. The fourth-order valence-corrected chi connectivity index (χ4v) is 1.99. The SMILES string of the molecule is COCS(=O)c1ccc(C(F)(F)F)cc1N. The third kappa shape index (κ3) is 2.96. The van der Waals surface area contributed by atoms with Crippen LogP contribution in [0.5, 0.6) is 0 Å². The van der Waals surface area contributed by atoms with Crippen LogP contribution in [0.2, 0.25) is 0 Å². The molecule has 1 atom stereocenters. The van der Waals surface area contributed by atoms with E-state index in [9.17, 15) is 17.4 Å². The highest BCUT2D eigenvalue weighted by atomic mass is 32.2. The first-order valence-electron chi connectivity index (χ1n) is 4.20. The predicted molar refractivity (Wildman–Crippen MR) is 54.1 cm³/mol. The highest BCUT2D eigenvalue weighted by molar-refractivity contribution is 7.85. The van der Waals surface area contributed by atoms with E-state index in [1.165, 1.54) is 7.11 Å². The average Bonchev–Trinajstić information content (AvgIpc) is 2.16. The lowest BCUT2D eigenvalue weighted by Crippen LogP contribution is -2.08. The number of halogens is 3. The Morgan fingerprint density at radius 2 is 2.06 bits per heavy atom. The summed E-state index contributed by atoms with van der Waals surface area (Å²) in [6.07, 6.45) is -4.45. The van der Waals surface area contributed by atoms with Gasteiger partial charge >= 0.3 is 6.18 Å². The second-order valence-electron chi connectivity index (χ2n) is 3.00. The van der Waals surface area contributed by atoms with E-state index in [0.29, 0.717) is 0 Å². The molecule has 0 heterocycles. The maximum absolute atomic E-state index is 12.3. The fraction of sp³-hybridized carbons (Fsp3) is 0.333. The molecule has 0 amide bonds. The van der Waals surface area contributed by atoms with Crippen molar-refractivity contribution in [1.29, 1.82) is 0 Å². The molecular formula is C9H10F3NO2S. The Morgan fingerprint density at radius 3 is 2.50 bits per heavy atom. The third-order valence-electron chi connectivity index (χ3n) is 1.81. The summed E-state index contributed by atoms with van der Waals surface area (Å²) in [5, 5.41) is 0. The molecule has 0 aliphatic heterocycles. The van der Waals surface area contributed by atoms with Crippen LogP contribution in [0.1, 0.15) is 5.56 Å². The summed E-state index contributed by atoms with van der Waals surface area (Å²) >= 11 is 0. The number of ether oxygens (including phenoxy) is 1. The van der Waals surface area contributed by atoms with Crippen LogP contribution in [0, 0.1) is 0 Å². The maximum Gasteiger partial charge on any atom is 0.416 e. The van der Waals surface area contributed by atoms with E-state index in [1.807, 2.05) is 0 Å². The highest BCUT2D eigenvalue weighted by Gasteiger charge is 2.31. The van der Waals surface area contributed by atoms with Gasteiger partial charge in [-0.1, -0.05) is 0 Å². The van der Waals surface area contributed by atoms with Gasteiger partial charge in [-0.2, -0.15) is 13.2 Å². The molecule has 0 fully saturated rings. The van der Waals surface area contributed by atoms with Gasteiger partial charge in [-0.05, 0) is 18.2 Å². The molecule has 0 spiro atoms. The minimum Gasteiger partial charge on any atom is -0.398 e. The quantitative estimate of drug-likeness (QED) is 0.838. The number of nitrogens with two attached hydrogens (primary N) is 1. The Morgan fingerprint density at radius 1 is 1.44 bits per heavy atom. The molecule has 90 valence electrons. The predicted octanol–water partition coefficient (Wildman–Crippen LogP) is 2.00. The van der Waals surface area contributed by atoms with Crippen molar-refractivity contribution >= 4 is 16.5 Å². The van der Waals surface area contributed by atoms with Crippen LogP contribution in [0.3, 0.4) is 0 Å². The molecule has 7 heteroatoms. The Bertz CT molecular complexity index is 406. The summed E-state index contributed by atoms with van der Waals surface area (Å²) in [4.78, 5) is 0.148. The molecule has 1 aromatic carbocycles. The zero-order chi connectivity index (χ0) is 12.3. The summed E-state index contributed by atoms with van der Waals surface area (Å²) in [5.74, 6) is -0.102. The van der Waals surface area contributed by atoms with Crippen LogP contribution in [0.4, 0.5) is 18.9 Å². The van der Waals surface area contributed by atoms with Crippen molar-refractivity contribution in [3.8, 4) is 0 Å². The van der Waals surface area contributed by atoms with Crippen molar-refractivity contribution in [2.45, 2.75) is 11.1 Å². The lowest BCUT2D eigenvalue weighted by Gasteiger charge is -2.10. The van der Waals surface area contributed by atoms with E-state index in [2.05, 4.69) is 4.74 Å². The Labute approximate surface area is 92.9 Å². The van der Waals surface area contributed by atoms with Crippen molar-refractivity contribution in [1.82, 2.24) is 0 Å². The summed E-state index contributed by atoms with van der Waals surface area (Å²) < 4.78 is 53.0. The minimum atomic E-state index is -4.45. The van der Waals surface area contributed by atoms with Gasteiger partial charge in [0.25, 0.3) is 0 Å². The number of rotatable bonds is 3. The first-order valence-corrected chi connectivity index (χ1v) is 5.52. The first kappa shape index (κ1) is 13.0. The van der Waals surface area contributed by atoms with E-state index in [4.69, 9.17) is 5.73 Å². The van der Waals surface area contributed by atoms with Gasteiger partial charge in [-0.15, -0.1) is 0 Å². The topological polar surface area (TPSA) is 52.3 Å². The van der Waals surface area contributed by atoms with E-state index < -0.39 is 22.5 Å². The lowest BCUT2D eigenvalue weighted by atomic mass is 10.2. The fourth-order valence-electron chi connectivity index (χ4n) is 1.10. The van der Waals surface area contributed by atoms with Crippen LogP contribution >= 0.6 is 0 Å². The minimum absolute atomic E-state index is 0.102. The number of alkyl halides is 3. The van der Waals surface area contributed by atoms with Crippen LogP contribution in [0.15, 0.2) is 23.1 Å². The molecule has 1 unspecified atom stereocenters. The molecule has 1 aromatic rings. The van der Waals surface area contributed by atoms with Crippen molar-refractivity contribution in [3.05, 3.63) is 23.8 Å². The Balaban J connectivity index is 3.05. The lowest BCUT2D eigenvalue weighted by molar-refractivity contribution is -0.137. The van der Waals surface area contributed by atoms with Crippen molar-refractivity contribution < 1.29 is 22.1 Å². The third-order valence-corrected chi connectivity index (χ3v) is 3.12. The monoisotopic (exact) mass is 253 g/mol. The van der Waals surface area contributed by atoms with Crippen LogP contribution < -0.4 is 5.73 Å². The van der Waals surface area contributed by atoms with E-state index in [0.717, 1.165) is 18.2 Å². The van der Waals surface area contributed by atoms with E-state index in [-0.39, 0.29) is 16.5 Å². The molecule has 0 aliphatic rings. The number of methoxy groups -OCH3 is 1. The summed E-state index contributed by atoms with van der Waals surface area (Å²) in [6, 6.07) is 2.72. The Hall–Kier alpha value is -1.08. The van der Waals surface area contributed by atoms with Crippen molar-refractivity contribution in [2.24, 2.45) is 0 Å². The Kier molecular flexibility index (Phi) is 3.93. The largest absolute Gasteiger partial charge is 0.416 e. The van der Waals surface area contributed by atoms with Gasteiger partial charge in [0.05, 0.1) is 21.3 Å². The first-order chi connectivity index (χ1) is 7.36. The van der Waals surface area contributed by atoms with Crippen LogP contribution in [0.25, 0.3) is 0 Å². The summed E-state index contributed by atoms with van der Waals surface area (Å²) in [5.41, 5.74) is 4.39. The molecule has 0 saturated heterocycles. The molecule has 1 rings (SSSR count). The zero-order valence-electron chi connectivity index (χ0n) is 8.38. The smallest absolute Gasteiger partial charge is 0.398 e. The van der Waals surface area contributed by atoms with Crippen LogP contribution in [-0.2, 0) is 21.7 Å². The van der Waals surface area contributed by atoms with Crippen molar-refractivity contribution in [2.75, 3.05) is 18.8 Å².